The monoisotopic (exact) mass is 284 g/mol. The van der Waals surface area contributed by atoms with Gasteiger partial charge in [-0.3, -0.25) is 4.79 Å². The van der Waals surface area contributed by atoms with Crippen LogP contribution in [0.4, 0.5) is 5.69 Å². The molecule has 0 aliphatic rings. The van der Waals surface area contributed by atoms with Crippen molar-refractivity contribution < 1.29 is 4.79 Å². The molecule has 5 nitrogen and oxygen atoms in total. The summed E-state index contributed by atoms with van der Waals surface area (Å²) >= 11 is 6.09. The third-order valence-electron chi connectivity index (χ3n) is 2.74. The summed E-state index contributed by atoms with van der Waals surface area (Å²) in [5.74, 6) is -0.354. The summed E-state index contributed by atoms with van der Waals surface area (Å²) in [7, 11) is 0. The maximum Gasteiger partial charge on any atom is 0.274 e. The van der Waals surface area contributed by atoms with Crippen molar-refractivity contribution in [3.63, 3.8) is 0 Å². The lowest BCUT2D eigenvalue weighted by Crippen LogP contribution is -2.14. The SMILES string of the molecule is O=C(Nc1cncnc1)c1cc2ccccc2c(Cl)n1. The molecule has 1 aromatic carbocycles. The third kappa shape index (κ3) is 2.44. The number of nitrogens with zero attached hydrogens (tertiary/aromatic N) is 3. The van der Waals surface area contributed by atoms with E-state index in [9.17, 15) is 4.79 Å². The zero-order valence-electron chi connectivity index (χ0n) is 10.2. The fraction of sp³-hybridized carbons (Fsp3) is 0. The summed E-state index contributed by atoms with van der Waals surface area (Å²) in [4.78, 5) is 23.9. The van der Waals surface area contributed by atoms with Crippen LogP contribution in [-0.2, 0) is 0 Å². The lowest BCUT2D eigenvalue weighted by atomic mass is 10.1. The van der Waals surface area contributed by atoms with Gasteiger partial charge in [-0.05, 0) is 11.5 Å². The predicted molar refractivity (Wildman–Crippen MR) is 76.7 cm³/mol. The Morgan fingerprint density at radius 3 is 2.70 bits per heavy atom. The fourth-order valence-corrected chi connectivity index (χ4v) is 2.09. The molecule has 20 heavy (non-hydrogen) atoms. The van der Waals surface area contributed by atoms with Crippen molar-refractivity contribution in [1.29, 1.82) is 0 Å². The fourth-order valence-electron chi connectivity index (χ4n) is 1.83. The van der Waals surface area contributed by atoms with Crippen LogP contribution in [-0.4, -0.2) is 20.9 Å². The summed E-state index contributed by atoms with van der Waals surface area (Å²) in [5.41, 5.74) is 0.751. The van der Waals surface area contributed by atoms with Crippen molar-refractivity contribution in [1.82, 2.24) is 15.0 Å². The first-order valence-electron chi connectivity index (χ1n) is 5.86. The number of hydrogen-bond donors (Lipinski definition) is 1. The van der Waals surface area contributed by atoms with Crippen LogP contribution >= 0.6 is 11.6 Å². The van der Waals surface area contributed by atoms with Crippen molar-refractivity contribution in [2.24, 2.45) is 0 Å². The number of halogens is 1. The van der Waals surface area contributed by atoms with Gasteiger partial charge in [0.15, 0.2) is 0 Å². The van der Waals surface area contributed by atoms with Crippen LogP contribution in [0.25, 0.3) is 10.8 Å². The number of hydrogen-bond acceptors (Lipinski definition) is 4. The minimum Gasteiger partial charge on any atom is -0.318 e. The Hall–Kier alpha value is -2.53. The molecule has 3 aromatic rings. The molecule has 0 aliphatic carbocycles. The minimum atomic E-state index is -0.354. The number of anilines is 1. The number of carbonyl (C=O) groups excluding carboxylic acids is 1. The van der Waals surface area contributed by atoms with Gasteiger partial charge in [0.1, 0.15) is 17.2 Å². The second-order valence-corrected chi connectivity index (χ2v) is 4.46. The van der Waals surface area contributed by atoms with Gasteiger partial charge in [0.25, 0.3) is 5.91 Å². The van der Waals surface area contributed by atoms with Crippen LogP contribution in [0.3, 0.4) is 0 Å². The maximum absolute atomic E-state index is 12.1. The first-order valence-corrected chi connectivity index (χ1v) is 6.23. The van der Waals surface area contributed by atoms with E-state index in [0.29, 0.717) is 10.8 Å². The lowest BCUT2D eigenvalue weighted by molar-refractivity contribution is 0.102. The van der Waals surface area contributed by atoms with E-state index in [4.69, 9.17) is 11.6 Å². The molecule has 0 atom stereocenters. The predicted octanol–water partition coefficient (Wildman–Crippen LogP) is 2.93. The van der Waals surface area contributed by atoms with E-state index in [1.807, 2.05) is 24.3 Å². The van der Waals surface area contributed by atoms with Crippen molar-refractivity contribution in [3.8, 4) is 0 Å². The first-order chi connectivity index (χ1) is 9.74. The second-order valence-electron chi connectivity index (χ2n) is 4.10. The third-order valence-corrected chi connectivity index (χ3v) is 3.03. The highest BCUT2D eigenvalue weighted by molar-refractivity contribution is 6.34. The zero-order valence-corrected chi connectivity index (χ0v) is 11.0. The molecule has 98 valence electrons. The largest absolute Gasteiger partial charge is 0.318 e. The van der Waals surface area contributed by atoms with E-state index in [-0.39, 0.29) is 11.6 Å². The number of rotatable bonds is 2. The van der Waals surface area contributed by atoms with Gasteiger partial charge in [-0.25, -0.2) is 15.0 Å². The second kappa shape index (κ2) is 5.22. The Labute approximate surface area is 119 Å². The summed E-state index contributed by atoms with van der Waals surface area (Å²) in [6.07, 6.45) is 4.40. The maximum atomic E-state index is 12.1. The van der Waals surface area contributed by atoms with Crippen molar-refractivity contribution in [3.05, 3.63) is 59.9 Å². The number of fused-ring (bicyclic) bond motifs is 1. The van der Waals surface area contributed by atoms with E-state index in [1.165, 1.54) is 18.7 Å². The molecule has 6 heteroatoms. The molecule has 0 bridgehead atoms. The molecule has 0 fully saturated rings. The van der Waals surface area contributed by atoms with Crippen molar-refractivity contribution in [2.45, 2.75) is 0 Å². The highest BCUT2D eigenvalue weighted by Crippen LogP contribution is 2.22. The molecule has 0 saturated heterocycles. The standard InChI is InChI=1S/C14H9ClN4O/c15-13-11-4-2-1-3-9(11)5-12(19-13)14(20)18-10-6-16-8-17-7-10/h1-8H,(H,18,20). The van der Waals surface area contributed by atoms with Gasteiger partial charge in [-0.2, -0.15) is 0 Å². The smallest absolute Gasteiger partial charge is 0.274 e. The normalized spacial score (nSPS) is 10.4. The number of aromatic nitrogens is 3. The molecule has 0 aliphatic heterocycles. The molecular formula is C14H9ClN4O. The van der Waals surface area contributed by atoms with Gasteiger partial charge in [0.05, 0.1) is 18.1 Å². The van der Waals surface area contributed by atoms with Gasteiger partial charge >= 0.3 is 0 Å². The van der Waals surface area contributed by atoms with Gasteiger partial charge in [0, 0.05) is 5.39 Å². The topological polar surface area (TPSA) is 67.8 Å². The molecule has 0 spiro atoms. The van der Waals surface area contributed by atoms with Gasteiger partial charge in [-0.15, -0.1) is 0 Å². The highest BCUT2D eigenvalue weighted by atomic mass is 35.5. The Morgan fingerprint density at radius 2 is 1.90 bits per heavy atom. The average molecular weight is 285 g/mol. The number of amides is 1. The van der Waals surface area contributed by atoms with E-state index in [2.05, 4.69) is 20.3 Å². The Bertz CT molecular complexity index is 776. The Balaban J connectivity index is 1.96. The number of benzene rings is 1. The minimum absolute atomic E-state index is 0.248. The number of pyridine rings is 1. The molecule has 2 aromatic heterocycles. The highest BCUT2D eigenvalue weighted by Gasteiger charge is 2.11. The van der Waals surface area contributed by atoms with Crippen molar-refractivity contribution in [2.75, 3.05) is 5.32 Å². The van der Waals surface area contributed by atoms with Crippen LogP contribution in [0.5, 0.6) is 0 Å². The summed E-state index contributed by atoms with van der Waals surface area (Å²) < 4.78 is 0. The van der Waals surface area contributed by atoms with Gasteiger partial charge in [0.2, 0.25) is 0 Å². The summed E-state index contributed by atoms with van der Waals surface area (Å²) in [6, 6.07) is 9.19. The Morgan fingerprint density at radius 1 is 1.15 bits per heavy atom. The lowest BCUT2D eigenvalue weighted by Gasteiger charge is -2.06. The van der Waals surface area contributed by atoms with Crippen LogP contribution in [0.15, 0.2) is 49.1 Å². The van der Waals surface area contributed by atoms with Crippen LogP contribution in [0, 0.1) is 0 Å². The molecule has 1 amide bonds. The van der Waals surface area contributed by atoms with E-state index >= 15 is 0 Å². The number of nitrogens with one attached hydrogen (secondary N) is 1. The summed E-state index contributed by atoms with van der Waals surface area (Å²) in [6.45, 7) is 0. The molecular weight excluding hydrogens is 276 g/mol. The molecule has 1 N–H and O–H groups in total. The molecule has 0 saturated carbocycles. The Kier molecular flexibility index (Phi) is 3.26. The van der Waals surface area contributed by atoms with Crippen LogP contribution in [0.2, 0.25) is 5.15 Å². The van der Waals surface area contributed by atoms with Crippen LogP contribution < -0.4 is 5.32 Å². The number of carbonyl (C=O) groups is 1. The zero-order chi connectivity index (χ0) is 13.9. The molecule has 2 heterocycles. The summed E-state index contributed by atoms with van der Waals surface area (Å²) in [5, 5.41) is 4.64. The van der Waals surface area contributed by atoms with E-state index < -0.39 is 0 Å². The first kappa shape index (κ1) is 12.5. The quantitative estimate of drug-likeness (QED) is 0.735. The van der Waals surface area contributed by atoms with E-state index in [1.54, 1.807) is 6.07 Å². The van der Waals surface area contributed by atoms with Gasteiger partial charge in [-0.1, -0.05) is 35.9 Å². The van der Waals surface area contributed by atoms with E-state index in [0.717, 1.165) is 10.8 Å². The molecule has 0 radical (unpaired) electrons. The van der Waals surface area contributed by atoms with Crippen LogP contribution in [0.1, 0.15) is 10.5 Å². The van der Waals surface area contributed by atoms with Gasteiger partial charge < -0.3 is 5.32 Å². The average Bonchev–Trinajstić information content (AvgIpc) is 2.48. The molecule has 3 rings (SSSR count). The molecule has 0 unspecified atom stereocenters. The van der Waals surface area contributed by atoms with Crippen molar-refractivity contribution >= 4 is 34.0 Å².